The normalized spacial score (nSPS) is 16.0. The average Bonchev–Trinajstić information content (AvgIpc) is 3.21. The van der Waals surface area contributed by atoms with Crippen LogP contribution >= 0.6 is 0 Å². The molecular formula is C22H34N2O3S. The summed E-state index contributed by atoms with van der Waals surface area (Å²) in [4.78, 5) is 12.6. The number of fused-ring (bicyclic) bond motifs is 2. The minimum Gasteiger partial charge on any atom is -0.307 e. The Kier molecular flexibility index (Phi) is 6.37. The first-order valence-electron chi connectivity index (χ1n) is 10.7. The zero-order valence-electron chi connectivity index (χ0n) is 17.5. The second-order valence-corrected chi connectivity index (χ2v) is 10.9. The molecule has 6 heteroatoms. The molecule has 2 amide bonds. The topological polar surface area (TPSA) is 75.3 Å². The molecule has 1 aromatic rings. The molecule has 3 rings (SSSR count). The number of benzene rings is 1. The zero-order valence-corrected chi connectivity index (χ0v) is 18.3. The molecule has 0 saturated carbocycles. The van der Waals surface area contributed by atoms with Crippen LogP contribution in [0.2, 0.25) is 0 Å². The van der Waals surface area contributed by atoms with Crippen molar-refractivity contribution in [2.45, 2.75) is 85.0 Å². The minimum absolute atomic E-state index is 0.0395. The molecule has 156 valence electrons. The van der Waals surface area contributed by atoms with Crippen LogP contribution in [0.5, 0.6) is 0 Å². The third-order valence-electron chi connectivity index (χ3n) is 6.00. The lowest BCUT2D eigenvalue weighted by atomic mass is 9.89. The molecular weight excluding hydrogens is 372 g/mol. The van der Waals surface area contributed by atoms with E-state index < -0.39 is 16.1 Å². The molecule has 0 heterocycles. The van der Waals surface area contributed by atoms with Gasteiger partial charge in [0.2, 0.25) is 10.0 Å². The van der Waals surface area contributed by atoms with Crippen LogP contribution in [0.1, 0.15) is 81.5 Å². The second-order valence-electron chi connectivity index (χ2n) is 9.17. The summed E-state index contributed by atoms with van der Waals surface area (Å²) in [6, 6.07) is 1.67. The lowest BCUT2D eigenvalue weighted by Gasteiger charge is -2.24. The first kappa shape index (κ1) is 21.2. The first-order valence-corrected chi connectivity index (χ1v) is 12.3. The summed E-state index contributed by atoms with van der Waals surface area (Å²) in [5, 5.41) is 2.91. The van der Waals surface area contributed by atoms with Gasteiger partial charge in [-0.25, -0.2) is 17.9 Å². The standard InChI is InChI=1S/C22H34N2O3S/c1-4-5-6-13-22(2,3)15-28(26,27)24-21(25)23-20-18-11-7-9-16(18)14-17-10-8-12-19(17)20/h14H,4-13,15H2,1-3H3,(H2,23,24,25). The van der Waals surface area contributed by atoms with E-state index in [9.17, 15) is 13.2 Å². The van der Waals surface area contributed by atoms with Crippen LogP contribution in [-0.2, 0) is 35.7 Å². The number of hydrogen-bond acceptors (Lipinski definition) is 3. The van der Waals surface area contributed by atoms with Crippen LogP contribution in [0.15, 0.2) is 6.07 Å². The van der Waals surface area contributed by atoms with Crippen molar-refractivity contribution in [3.05, 3.63) is 28.3 Å². The summed E-state index contributed by atoms with van der Waals surface area (Å²) in [7, 11) is -3.69. The second kappa shape index (κ2) is 8.44. The Morgan fingerprint density at radius 3 is 2.21 bits per heavy atom. The predicted octanol–water partition coefficient (Wildman–Crippen LogP) is 4.72. The van der Waals surface area contributed by atoms with Crippen molar-refractivity contribution >= 4 is 21.7 Å². The number of nitrogens with one attached hydrogen (secondary N) is 2. The first-order chi connectivity index (χ1) is 13.2. The lowest BCUT2D eigenvalue weighted by Crippen LogP contribution is -2.40. The van der Waals surface area contributed by atoms with Gasteiger partial charge in [0.1, 0.15) is 0 Å². The Morgan fingerprint density at radius 2 is 1.64 bits per heavy atom. The van der Waals surface area contributed by atoms with Crippen LogP contribution in [0, 0.1) is 5.41 Å². The molecule has 0 atom stereocenters. The fourth-order valence-corrected chi connectivity index (χ4v) is 6.30. The summed E-state index contributed by atoms with van der Waals surface area (Å²) >= 11 is 0. The van der Waals surface area contributed by atoms with Gasteiger partial charge in [-0.2, -0.15) is 0 Å². The molecule has 0 radical (unpaired) electrons. The molecule has 2 N–H and O–H groups in total. The van der Waals surface area contributed by atoms with Gasteiger partial charge in [0, 0.05) is 5.69 Å². The Hall–Kier alpha value is -1.56. The van der Waals surface area contributed by atoms with E-state index in [1.807, 2.05) is 13.8 Å². The van der Waals surface area contributed by atoms with Crippen LogP contribution in [-0.4, -0.2) is 20.2 Å². The van der Waals surface area contributed by atoms with E-state index in [-0.39, 0.29) is 11.2 Å². The molecule has 2 aliphatic carbocycles. The van der Waals surface area contributed by atoms with Gasteiger partial charge < -0.3 is 5.32 Å². The number of aryl methyl sites for hydroxylation is 2. The maximum atomic E-state index is 12.6. The van der Waals surface area contributed by atoms with Gasteiger partial charge in [0.25, 0.3) is 0 Å². The van der Waals surface area contributed by atoms with Crippen molar-refractivity contribution in [3.8, 4) is 0 Å². The number of anilines is 1. The number of carbonyl (C=O) groups is 1. The van der Waals surface area contributed by atoms with Gasteiger partial charge >= 0.3 is 6.03 Å². The molecule has 0 aromatic heterocycles. The number of unbranched alkanes of at least 4 members (excludes halogenated alkanes) is 2. The van der Waals surface area contributed by atoms with E-state index in [1.54, 1.807) is 0 Å². The summed E-state index contributed by atoms with van der Waals surface area (Å²) in [6.07, 6.45) is 10.2. The zero-order chi connectivity index (χ0) is 20.4. The van der Waals surface area contributed by atoms with Crippen LogP contribution in [0.4, 0.5) is 10.5 Å². The highest BCUT2D eigenvalue weighted by Gasteiger charge is 2.29. The quantitative estimate of drug-likeness (QED) is 0.613. The van der Waals surface area contributed by atoms with E-state index >= 15 is 0 Å². The van der Waals surface area contributed by atoms with Crippen LogP contribution in [0.25, 0.3) is 0 Å². The summed E-state index contributed by atoms with van der Waals surface area (Å²) in [5.41, 5.74) is 5.56. The number of sulfonamides is 1. The van der Waals surface area contributed by atoms with Gasteiger partial charge in [0.05, 0.1) is 5.75 Å². The van der Waals surface area contributed by atoms with Crippen molar-refractivity contribution in [2.24, 2.45) is 5.41 Å². The molecule has 0 bridgehead atoms. The third-order valence-corrected chi connectivity index (χ3v) is 7.66. The SMILES string of the molecule is CCCCCC(C)(C)CS(=O)(=O)NC(=O)Nc1c2c(cc3c1CCC3)CCC2. The molecule has 28 heavy (non-hydrogen) atoms. The van der Waals surface area contributed by atoms with Crippen molar-refractivity contribution < 1.29 is 13.2 Å². The highest BCUT2D eigenvalue weighted by Crippen LogP contribution is 2.38. The number of rotatable bonds is 8. The Bertz CT molecular complexity index is 812. The van der Waals surface area contributed by atoms with Crippen molar-refractivity contribution in [3.63, 3.8) is 0 Å². The van der Waals surface area contributed by atoms with Crippen molar-refractivity contribution in [1.82, 2.24) is 4.72 Å². The molecule has 0 fully saturated rings. The summed E-state index contributed by atoms with van der Waals surface area (Å²) in [5.74, 6) is -0.0395. The van der Waals surface area contributed by atoms with E-state index in [2.05, 4.69) is 23.0 Å². The third kappa shape index (κ3) is 5.07. The van der Waals surface area contributed by atoms with Crippen LogP contribution in [0.3, 0.4) is 0 Å². The Morgan fingerprint density at radius 1 is 1.04 bits per heavy atom. The van der Waals surface area contributed by atoms with Crippen molar-refractivity contribution in [1.29, 1.82) is 0 Å². The number of amides is 2. The van der Waals surface area contributed by atoms with Crippen molar-refractivity contribution in [2.75, 3.05) is 11.1 Å². The van der Waals surface area contributed by atoms with E-state index in [0.29, 0.717) is 0 Å². The fourth-order valence-electron chi connectivity index (χ4n) is 4.72. The monoisotopic (exact) mass is 406 g/mol. The molecule has 0 saturated heterocycles. The van der Waals surface area contributed by atoms with Gasteiger partial charge in [-0.1, -0.05) is 46.1 Å². The van der Waals surface area contributed by atoms with Gasteiger partial charge in [0.15, 0.2) is 0 Å². The highest BCUT2D eigenvalue weighted by atomic mass is 32.2. The van der Waals surface area contributed by atoms with E-state index in [4.69, 9.17) is 0 Å². The van der Waals surface area contributed by atoms with Crippen LogP contribution < -0.4 is 10.0 Å². The summed E-state index contributed by atoms with van der Waals surface area (Å²) < 4.78 is 27.4. The van der Waals surface area contributed by atoms with E-state index in [0.717, 1.165) is 69.9 Å². The van der Waals surface area contributed by atoms with Gasteiger partial charge in [-0.15, -0.1) is 0 Å². The Labute approximate surface area is 169 Å². The minimum atomic E-state index is -3.69. The largest absolute Gasteiger partial charge is 0.332 e. The fraction of sp³-hybridized carbons (Fsp3) is 0.682. The van der Waals surface area contributed by atoms with E-state index in [1.165, 1.54) is 22.3 Å². The lowest BCUT2D eigenvalue weighted by molar-refractivity contribution is 0.256. The maximum Gasteiger partial charge on any atom is 0.332 e. The Balaban J connectivity index is 1.68. The number of urea groups is 1. The average molecular weight is 407 g/mol. The number of hydrogen-bond donors (Lipinski definition) is 2. The highest BCUT2D eigenvalue weighted by molar-refractivity contribution is 7.90. The smallest absolute Gasteiger partial charge is 0.307 e. The molecule has 1 aromatic carbocycles. The summed E-state index contributed by atoms with van der Waals surface area (Å²) in [6.45, 7) is 6.04. The molecule has 0 aliphatic heterocycles. The molecule has 5 nitrogen and oxygen atoms in total. The molecule has 0 spiro atoms. The molecule has 0 unspecified atom stereocenters. The molecule has 2 aliphatic rings. The van der Waals surface area contributed by atoms with Gasteiger partial charge in [-0.3, -0.25) is 0 Å². The predicted molar refractivity (Wildman–Crippen MR) is 114 cm³/mol. The van der Waals surface area contributed by atoms with Gasteiger partial charge in [-0.05, 0) is 72.6 Å². The maximum absolute atomic E-state index is 12.6. The number of carbonyl (C=O) groups excluding carboxylic acids is 1.